The maximum Gasteiger partial charge on any atom is 0.119 e. The van der Waals surface area contributed by atoms with E-state index in [0.717, 1.165) is 37.7 Å². The van der Waals surface area contributed by atoms with E-state index in [1.807, 2.05) is 23.6 Å². The quantitative estimate of drug-likeness (QED) is 0.644. The molecule has 0 radical (unpaired) electrons. The highest BCUT2D eigenvalue weighted by atomic mass is 32.1. The van der Waals surface area contributed by atoms with E-state index in [4.69, 9.17) is 4.74 Å². The first-order valence-corrected chi connectivity index (χ1v) is 11.0. The Balaban J connectivity index is 1.47. The lowest BCUT2D eigenvalue weighted by molar-refractivity contribution is 0.133. The van der Waals surface area contributed by atoms with E-state index in [1.165, 1.54) is 47.9 Å². The monoisotopic (exact) mass is 387 g/mol. The molecule has 1 aliphatic heterocycles. The van der Waals surface area contributed by atoms with Gasteiger partial charge in [-0.15, -0.1) is 11.3 Å². The van der Waals surface area contributed by atoms with Gasteiger partial charge in [-0.05, 0) is 62.9 Å². The summed E-state index contributed by atoms with van der Waals surface area (Å²) >= 11 is 1.83. The number of hydrogen-bond acceptors (Lipinski definition) is 5. The molecule has 0 amide bonds. The number of methoxy groups -OCH3 is 1. The molecule has 2 aromatic rings. The molecule has 1 fully saturated rings. The minimum absolute atomic E-state index is 0.776. The zero-order chi connectivity index (χ0) is 19.1. The van der Waals surface area contributed by atoms with Crippen molar-refractivity contribution in [2.45, 2.75) is 39.7 Å². The summed E-state index contributed by atoms with van der Waals surface area (Å²) in [6.07, 6.45) is 5.82. The van der Waals surface area contributed by atoms with Crippen LogP contribution in [0.5, 0.6) is 5.75 Å². The fourth-order valence-electron chi connectivity index (χ4n) is 3.99. The first-order valence-electron chi connectivity index (χ1n) is 10.1. The van der Waals surface area contributed by atoms with Crippen LogP contribution in [0.4, 0.5) is 0 Å². The molecule has 148 valence electrons. The molecule has 1 aliphatic rings. The lowest BCUT2D eigenvalue weighted by Crippen LogP contribution is -2.41. The first-order chi connectivity index (χ1) is 13.2. The van der Waals surface area contributed by atoms with Gasteiger partial charge in [0.15, 0.2) is 0 Å². The number of nitrogens with zero attached hydrogens (tertiary/aromatic N) is 3. The van der Waals surface area contributed by atoms with E-state index in [1.54, 1.807) is 7.11 Å². The van der Waals surface area contributed by atoms with Gasteiger partial charge in [-0.3, -0.25) is 4.90 Å². The number of thiazole rings is 1. The van der Waals surface area contributed by atoms with Crippen molar-refractivity contribution in [2.75, 3.05) is 39.8 Å². The standard InChI is InChI=1S/C22H33N3OS/c1-4-24(17-22-14-23-18(2)27-22)15-20-8-6-11-25(16-20)12-10-19-7-5-9-21(13-19)26-3/h5,7,9,13-14,20H,4,6,8,10-12,15-17H2,1-3H3/t20-/m1/s1. The number of rotatable bonds is 9. The van der Waals surface area contributed by atoms with Crippen molar-refractivity contribution < 1.29 is 4.74 Å². The minimum atomic E-state index is 0.776. The third kappa shape index (κ3) is 6.30. The van der Waals surface area contributed by atoms with E-state index in [2.05, 4.69) is 46.8 Å². The van der Waals surface area contributed by atoms with E-state index in [0.29, 0.717) is 0 Å². The van der Waals surface area contributed by atoms with Crippen LogP contribution >= 0.6 is 11.3 Å². The molecule has 1 saturated heterocycles. The normalized spacial score (nSPS) is 18.1. The molecule has 0 spiro atoms. The van der Waals surface area contributed by atoms with E-state index < -0.39 is 0 Å². The number of piperidine rings is 1. The topological polar surface area (TPSA) is 28.6 Å². The second-order valence-corrected chi connectivity index (χ2v) is 8.90. The number of aryl methyl sites for hydroxylation is 1. The average molecular weight is 388 g/mol. The van der Waals surface area contributed by atoms with Crippen molar-refractivity contribution in [2.24, 2.45) is 5.92 Å². The van der Waals surface area contributed by atoms with Gasteiger partial charge in [-0.1, -0.05) is 19.1 Å². The Morgan fingerprint density at radius 1 is 1.37 bits per heavy atom. The summed E-state index contributed by atoms with van der Waals surface area (Å²) < 4.78 is 5.35. The second-order valence-electron chi connectivity index (χ2n) is 7.58. The van der Waals surface area contributed by atoms with Crippen LogP contribution in [-0.4, -0.2) is 54.6 Å². The number of benzene rings is 1. The van der Waals surface area contributed by atoms with Crippen LogP contribution in [-0.2, 0) is 13.0 Å². The van der Waals surface area contributed by atoms with Crippen LogP contribution in [0.15, 0.2) is 30.5 Å². The highest BCUT2D eigenvalue weighted by Crippen LogP contribution is 2.21. The highest BCUT2D eigenvalue weighted by Gasteiger charge is 2.22. The van der Waals surface area contributed by atoms with Crippen LogP contribution in [0.25, 0.3) is 0 Å². The minimum Gasteiger partial charge on any atom is -0.497 e. The summed E-state index contributed by atoms with van der Waals surface area (Å²) in [4.78, 5) is 11.0. The van der Waals surface area contributed by atoms with Gasteiger partial charge in [-0.25, -0.2) is 4.98 Å². The maximum atomic E-state index is 5.35. The summed E-state index contributed by atoms with van der Waals surface area (Å²) in [7, 11) is 1.74. The molecule has 1 atom stereocenters. The van der Waals surface area contributed by atoms with E-state index >= 15 is 0 Å². The third-order valence-electron chi connectivity index (χ3n) is 5.47. The van der Waals surface area contributed by atoms with Crippen LogP contribution < -0.4 is 4.74 Å². The Morgan fingerprint density at radius 2 is 2.26 bits per heavy atom. The van der Waals surface area contributed by atoms with Crippen molar-refractivity contribution in [3.05, 3.63) is 45.9 Å². The smallest absolute Gasteiger partial charge is 0.119 e. The number of hydrogen-bond donors (Lipinski definition) is 0. The largest absolute Gasteiger partial charge is 0.497 e. The molecule has 27 heavy (non-hydrogen) atoms. The Hall–Kier alpha value is -1.43. The Morgan fingerprint density at radius 3 is 3.00 bits per heavy atom. The van der Waals surface area contributed by atoms with Crippen LogP contribution in [0, 0.1) is 12.8 Å². The predicted octanol–water partition coefficient (Wildman–Crippen LogP) is 4.24. The molecule has 0 bridgehead atoms. The van der Waals surface area contributed by atoms with Crippen molar-refractivity contribution in [3.8, 4) is 5.75 Å². The molecular formula is C22H33N3OS. The predicted molar refractivity (Wildman–Crippen MR) is 114 cm³/mol. The molecule has 0 N–H and O–H groups in total. The maximum absolute atomic E-state index is 5.35. The van der Waals surface area contributed by atoms with Crippen LogP contribution in [0.3, 0.4) is 0 Å². The molecule has 5 heteroatoms. The van der Waals surface area contributed by atoms with Crippen molar-refractivity contribution in [3.63, 3.8) is 0 Å². The lowest BCUT2D eigenvalue weighted by atomic mass is 9.97. The molecule has 1 aromatic carbocycles. The summed E-state index contributed by atoms with van der Waals surface area (Å²) in [5.41, 5.74) is 1.37. The molecular weight excluding hydrogens is 354 g/mol. The van der Waals surface area contributed by atoms with Gasteiger partial charge in [0.25, 0.3) is 0 Å². The fraction of sp³-hybridized carbons (Fsp3) is 0.591. The van der Waals surface area contributed by atoms with Gasteiger partial charge < -0.3 is 9.64 Å². The van der Waals surface area contributed by atoms with Crippen molar-refractivity contribution in [1.29, 1.82) is 0 Å². The SMILES string of the molecule is CCN(Cc1cnc(C)s1)C[C@H]1CCCN(CCc2cccc(OC)c2)C1. The molecule has 1 aromatic heterocycles. The Labute approximate surface area is 168 Å². The second kappa shape index (κ2) is 10.2. The van der Waals surface area contributed by atoms with E-state index in [-0.39, 0.29) is 0 Å². The van der Waals surface area contributed by atoms with Crippen molar-refractivity contribution in [1.82, 2.24) is 14.8 Å². The first kappa shape index (κ1) is 20.3. The summed E-state index contributed by atoms with van der Waals surface area (Å²) in [6, 6.07) is 8.48. The van der Waals surface area contributed by atoms with Gasteiger partial charge in [-0.2, -0.15) is 0 Å². The van der Waals surface area contributed by atoms with Crippen molar-refractivity contribution >= 4 is 11.3 Å². The number of likely N-dealkylation sites (tertiary alicyclic amines) is 1. The zero-order valence-corrected chi connectivity index (χ0v) is 17.8. The summed E-state index contributed by atoms with van der Waals surface area (Å²) in [5, 5.41) is 1.17. The third-order valence-corrected chi connectivity index (χ3v) is 6.36. The lowest BCUT2D eigenvalue weighted by Gasteiger charge is -2.35. The molecule has 4 nitrogen and oxygen atoms in total. The zero-order valence-electron chi connectivity index (χ0n) is 17.0. The molecule has 2 heterocycles. The van der Waals surface area contributed by atoms with Gasteiger partial charge in [0.1, 0.15) is 5.75 Å². The van der Waals surface area contributed by atoms with E-state index in [9.17, 15) is 0 Å². The Bertz CT molecular complexity index is 702. The van der Waals surface area contributed by atoms with Gasteiger partial charge in [0, 0.05) is 37.3 Å². The van der Waals surface area contributed by atoms with Crippen LogP contribution in [0.2, 0.25) is 0 Å². The number of ether oxygens (including phenoxy) is 1. The average Bonchev–Trinajstić information content (AvgIpc) is 3.11. The molecule has 3 rings (SSSR count). The molecule has 0 saturated carbocycles. The fourth-order valence-corrected chi connectivity index (χ4v) is 4.83. The summed E-state index contributed by atoms with van der Waals surface area (Å²) in [6.45, 7) is 11.3. The van der Waals surface area contributed by atoms with Crippen LogP contribution in [0.1, 0.15) is 35.2 Å². The van der Waals surface area contributed by atoms with Gasteiger partial charge >= 0.3 is 0 Å². The summed E-state index contributed by atoms with van der Waals surface area (Å²) in [5.74, 6) is 1.74. The molecule has 0 aliphatic carbocycles. The molecule has 0 unspecified atom stereocenters. The number of aromatic nitrogens is 1. The van der Waals surface area contributed by atoms with Gasteiger partial charge in [0.2, 0.25) is 0 Å². The Kier molecular flexibility index (Phi) is 7.68. The van der Waals surface area contributed by atoms with Gasteiger partial charge in [0.05, 0.1) is 12.1 Å². The highest BCUT2D eigenvalue weighted by molar-refractivity contribution is 7.11.